The molecule has 3 N–H and O–H groups in total. The Morgan fingerprint density at radius 2 is 1.95 bits per heavy atom. The van der Waals surface area contributed by atoms with Gasteiger partial charge in [-0.1, -0.05) is 19.3 Å². The molecule has 21 heavy (non-hydrogen) atoms. The van der Waals surface area contributed by atoms with Crippen LogP contribution in [0.3, 0.4) is 0 Å². The Kier molecular flexibility index (Phi) is 5.62. The molecule has 0 aromatic heterocycles. The van der Waals surface area contributed by atoms with E-state index in [1.807, 2.05) is 4.90 Å². The number of hydrogen-bond acceptors (Lipinski definition) is 3. The summed E-state index contributed by atoms with van der Waals surface area (Å²) in [6.45, 7) is 5.20. The average molecular weight is 295 g/mol. The second kappa shape index (κ2) is 7.25. The van der Waals surface area contributed by atoms with E-state index in [0.29, 0.717) is 12.5 Å². The first-order chi connectivity index (χ1) is 10.0. The van der Waals surface area contributed by atoms with E-state index in [1.54, 1.807) is 6.92 Å². The monoisotopic (exact) mass is 295 g/mol. The van der Waals surface area contributed by atoms with Crippen LogP contribution in [0.4, 0.5) is 0 Å². The van der Waals surface area contributed by atoms with Gasteiger partial charge in [0.05, 0.1) is 0 Å². The van der Waals surface area contributed by atoms with Gasteiger partial charge in [-0.2, -0.15) is 0 Å². The highest BCUT2D eigenvalue weighted by Crippen LogP contribution is 2.25. The molecule has 5 heteroatoms. The van der Waals surface area contributed by atoms with E-state index < -0.39 is 6.04 Å². The number of nitrogens with two attached hydrogens (primary N) is 1. The van der Waals surface area contributed by atoms with Crippen molar-refractivity contribution in [1.82, 2.24) is 10.2 Å². The Morgan fingerprint density at radius 3 is 2.52 bits per heavy atom. The van der Waals surface area contributed by atoms with Crippen LogP contribution in [0, 0.1) is 11.8 Å². The number of amides is 2. The molecule has 0 radical (unpaired) electrons. The number of carbonyl (C=O) groups is 2. The van der Waals surface area contributed by atoms with Gasteiger partial charge >= 0.3 is 0 Å². The molecule has 1 aliphatic carbocycles. The molecular weight excluding hydrogens is 266 g/mol. The number of hydrogen-bond donors (Lipinski definition) is 2. The van der Waals surface area contributed by atoms with Gasteiger partial charge in [0.25, 0.3) is 0 Å². The standard InChI is InChI=1S/C16H29N3O2/c1-11-8-13(9-17)10-19(11)16(21)12(2)18-15(20)14-6-4-3-5-7-14/h11-14H,3-10,17H2,1-2H3,(H,18,20)/t11?,12-,13?/m0/s1. The minimum absolute atomic E-state index is 0.0302. The van der Waals surface area contributed by atoms with E-state index in [0.717, 1.165) is 38.6 Å². The van der Waals surface area contributed by atoms with Gasteiger partial charge in [-0.25, -0.2) is 0 Å². The number of nitrogens with zero attached hydrogens (tertiary/aromatic N) is 1. The minimum atomic E-state index is -0.432. The fourth-order valence-corrected chi connectivity index (χ4v) is 3.63. The van der Waals surface area contributed by atoms with Crippen LogP contribution in [0.25, 0.3) is 0 Å². The van der Waals surface area contributed by atoms with E-state index in [1.165, 1.54) is 6.42 Å². The van der Waals surface area contributed by atoms with Crippen LogP contribution in [-0.4, -0.2) is 41.9 Å². The summed E-state index contributed by atoms with van der Waals surface area (Å²) < 4.78 is 0. The molecule has 0 spiro atoms. The zero-order valence-corrected chi connectivity index (χ0v) is 13.3. The lowest BCUT2D eigenvalue weighted by molar-refractivity contribution is -0.137. The van der Waals surface area contributed by atoms with Crippen LogP contribution in [0.2, 0.25) is 0 Å². The molecule has 2 unspecified atom stereocenters. The number of carbonyl (C=O) groups excluding carboxylic acids is 2. The Labute approximate surface area is 127 Å². The Hall–Kier alpha value is -1.10. The third-order valence-corrected chi connectivity index (χ3v) is 4.98. The topological polar surface area (TPSA) is 75.4 Å². The third kappa shape index (κ3) is 3.96. The van der Waals surface area contributed by atoms with Gasteiger partial charge < -0.3 is 16.0 Å². The molecule has 2 aliphatic rings. The van der Waals surface area contributed by atoms with Crippen LogP contribution in [-0.2, 0) is 9.59 Å². The Bertz CT molecular complexity index is 380. The van der Waals surface area contributed by atoms with Gasteiger partial charge in [0.2, 0.25) is 11.8 Å². The van der Waals surface area contributed by atoms with Crippen molar-refractivity contribution >= 4 is 11.8 Å². The van der Waals surface area contributed by atoms with E-state index in [4.69, 9.17) is 5.73 Å². The summed E-state index contributed by atoms with van der Waals surface area (Å²) >= 11 is 0. The highest BCUT2D eigenvalue weighted by Gasteiger charge is 2.34. The van der Waals surface area contributed by atoms with Crippen LogP contribution in [0.15, 0.2) is 0 Å². The Balaban J connectivity index is 1.86. The summed E-state index contributed by atoms with van der Waals surface area (Å²) in [5.41, 5.74) is 5.71. The summed E-state index contributed by atoms with van der Waals surface area (Å²) in [6, 6.07) is -0.210. The molecule has 0 aromatic rings. The van der Waals surface area contributed by atoms with Gasteiger partial charge in [0.1, 0.15) is 6.04 Å². The normalized spacial score (nSPS) is 28.4. The molecule has 1 saturated carbocycles. The highest BCUT2D eigenvalue weighted by molar-refractivity contribution is 5.88. The fourth-order valence-electron chi connectivity index (χ4n) is 3.63. The summed E-state index contributed by atoms with van der Waals surface area (Å²) in [4.78, 5) is 26.6. The third-order valence-electron chi connectivity index (χ3n) is 4.98. The van der Waals surface area contributed by atoms with E-state index in [9.17, 15) is 9.59 Å². The van der Waals surface area contributed by atoms with Crippen molar-refractivity contribution in [2.75, 3.05) is 13.1 Å². The van der Waals surface area contributed by atoms with Crippen molar-refractivity contribution in [1.29, 1.82) is 0 Å². The van der Waals surface area contributed by atoms with Crippen LogP contribution in [0.5, 0.6) is 0 Å². The number of nitrogens with one attached hydrogen (secondary N) is 1. The smallest absolute Gasteiger partial charge is 0.245 e. The predicted octanol–water partition coefficient (Wildman–Crippen LogP) is 1.27. The summed E-state index contributed by atoms with van der Waals surface area (Å²) in [5.74, 6) is 0.576. The Morgan fingerprint density at radius 1 is 1.29 bits per heavy atom. The van der Waals surface area contributed by atoms with Gasteiger partial charge in [0, 0.05) is 18.5 Å². The highest BCUT2D eigenvalue weighted by atomic mass is 16.2. The molecule has 2 amide bonds. The van der Waals surface area contributed by atoms with Crippen molar-refractivity contribution in [3.63, 3.8) is 0 Å². The maximum absolute atomic E-state index is 12.5. The molecule has 120 valence electrons. The summed E-state index contributed by atoms with van der Waals surface area (Å²) in [6.07, 6.45) is 6.36. The van der Waals surface area contributed by atoms with Crippen molar-refractivity contribution in [2.24, 2.45) is 17.6 Å². The van der Waals surface area contributed by atoms with Crippen LogP contribution >= 0.6 is 0 Å². The maximum Gasteiger partial charge on any atom is 0.245 e. The van der Waals surface area contributed by atoms with Gasteiger partial charge in [-0.3, -0.25) is 9.59 Å². The van der Waals surface area contributed by atoms with Crippen LogP contribution < -0.4 is 11.1 Å². The fraction of sp³-hybridized carbons (Fsp3) is 0.875. The van der Waals surface area contributed by atoms with Gasteiger partial charge in [-0.05, 0) is 45.6 Å². The second-order valence-corrected chi connectivity index (χ2v) is 6.74. The SMILES string of the molecule is CC1CC(CN)CN1C(=O)[C@H](C)NC(=O)C1CCCCC1. The molecule has 1 saturated heterocycles. The number of likely N-dealkylation sites (tertiary alicyclic amines) is 1. The molecule has 0 aromatic carbocycles. The zero-order chi connectivity index (χ0) is 15.4. The lowest BCUT2D eigenvalue weighted by atomic mass is 9.88. The van der Waals surface area contributed by atoms with E-state index in [-0.39, 0.29) is 23.8 Å². The molecule has 2 fully saturated rings. The summed E-state index contributed by atoms with van der Waals surface area (Å²) in [5, 5.41) is 2.92. The van der Waals surface area contributed by atoms with Crippen molar-refractivity contribution in [3.05, 3.63) is 0 Å². The van der Waals surface area contributed by atoms with Crippen molar-refractivity contribution in [3.8, 4) is 0 Å². The lowest BCUT2D eigenvalue weighted by Crippen LogP contribution is -2.49. The van der Waals surface area contributed by atoms with E-state index in [2.05, 4.69) is 12.2 Å². The maximum atomic E-state index is 12.5. The molecular formula is C16H29N3O2. The molecule has 3 atom stereocenters. The average Bonchev–Trinajstić information content (AvgIpc) is 2.88. The van der Waals surface area contributed by atoms with Crippen LogP contribution in [0.1, 0.15) is 52.4 Å². The lowest BCUT2D eigenvalue weighted by Gasteiger charge is -2.27. The first-order valence-electron chi connectivity index (χ1n) is 8.33. The predicted molar refractivity (Wildman–Crippen MR) is 82.5 cm³/mol. The molecule has 1 heterocycles. The van der Waals surface area contributed by atoms with Crippen molar-refractivity contribution in [2.45, 2.75) is 64.5 Å². The quantitative estimate of drug-likeness (QED) is 0.820. The second-order valence-electron chi connectivity index (χ2n) is 6.74. The molecule has 1 aliphatic heterocycles. The number of rotatable bonds is 4. The van der Waals surface area contributed by atoms with E-state index >= 15 is 0 Å². The largest absolute Gasteiger partial charge is 0.344 e. The van der Waals surface area contributed by atoms with Gasteiger partial charge in [-0.15, -0.1) is 0 Å². The van der Waals surface area contributed by atoms with Gasteiger partial charge in [0.15, 0.2) is 0 Å². The summed E-state index contributed by atoms with van der Waals surface area (Å²) in [7, 11) is 0. The molecule has 5 nitrogen and oxygen atoms in total. The first-order valence-corrected chi connectivity index (χ1v) is 8.33. The van der Waals surface area contributed by atoms with Crippen molar-refractivity contribution < 1.29 is 9.59 Å². The minimum Gasteiger partial charge on any atom is -0.344 e. The molecule has 2 rings (SSSR count). The molecule has 0 bridgehead atoms. The zero-order valence-electron chi connectivity index (χ0n) is 13.3. The first kappa shape index (κ1) is 16.3.